The van der Waals surface area contributed by atoms with Crippen LogP contribution in [0.2, 0.25) is 0 Å². The topological polar surface area (TPSA) is 94.6 Å². The van der Waals surface area contributed by atoms with E-state index in [1.807, 2.05) is 11.0 Å². The van der Waals surface area contributed by atoms with E-state index in [1.54, 1.807) is 48.5 Å². The largest absolute Gasteiger partial charge is 0.361 e. The van der Waals surface area contributed by atoms with Crippen molar-refractivity contribution in [3.63, 3.8) is 0 Å². The summed E-state index contributed by atoms with van der Waals surface area (Å²) in [5, 5.41) is 4.34. The van der Waals surface area contributed by atoms with Gasteiger partial charge in [0.15, 0.2) is 5.84 Å². The molecule has 0 saturated carbocycles. The first-order chi connectivity index (χ1) is 17.0. The molecule has 2 aliphatic heterocycles. The van der Waals surface area contributed by atoms with E-state index in [1.165, 1.54) is 10.9 Å². The maximum absolute atomic E-state index is 13.1. The van der Waals surface area contributed by atoms with Crippen LogP contribution in [0.5, 0.6) is 0 Å². The van der Waals surface area contributed by atoms with Gasteiger partial charge < -0.3 is 15.2 Å². The fourth-order valence-corrected chi connectivity index (χ4v) is 6.21. The zero-order chi connectivity index (χ0) is 24.0. The number of H-pyrrole nitrogens is 1. The van der Waals surface area contributed by atoms with Crippen molar-refractivity contribution in [1.82, 2.24) is 9.88 Å². The molecule has 1 fully saturated rings. The second kappa shape index (κ2) is 8.39. The standard InChI is InChI=1S/C27H24N4O3S/c32-27(31-15-13-18(14-16-31)23-17-28-24-7-3-1-5-21(23)24)19-9-11-20(12-10-19)29-26-22-6-2-4-8-25(22)35(33,34)30-26/h1-12,17-18,28H,13-16H2,(H,29,30). The minimum Gasteiger partial charge on any atom is -0.361 e. The number of aromatic amines is 1. The van der Waals surface area contributed by atoms with Crippen LogP contribution in [0.25, 0.3) is 10.9 Å². The average Bonchev–Trinajstić information content (AvgIpc) is 3.43. The molecule has 6 rings (SSSR count). The van der Waals surface area contributed by atoms with Gasteiger partial charge in [-0.05, 0) is 66.8 Å². The van der Waals surface area contributed by atoms with Crippen LogP contribution in [0.4, 0.5) is 5.69 Å². The molecule has 3 heterocycles. The van der Waals surface area contributed by atoms with Crippen molar-refractivity contribution < 1.29 is 13.2 Å². The average molecular weight is 485 g/mol. The van der Waals surface area contributed by atoms with Crippen LogP contribution in [0.15, 0.2) is 88.3 Å². The molecule has 3 aromatic carbocycles. The van der Waals surface area contributed by atoms with Crippen LogP contribution in [0.3, 0.4) is 0 Å². The summed E-state index contributed by atoms with van der Waals surface area (Å²) in [5.41, 5.74) is 4.32. The molecule has 0 radical (unpaired) electrons. The number of rotatable bonds is 3. The Bertz CT molecular complexity index is 1560. The number of sulfonamides is 1. The highest BCUT2D eigenvalue weighted by Crippen LogP contribution is 2.33. The smallest absolute Gasteiger partial charge is 0.285 e. The molecule has 0 bridgehead atoms. The van der Waals surface area contributed by atoms with Gasteiger partial charge in [-0.3, -0.25) is 4.79 Å². The summed E-state index contributed by atoms with van der Waals surface area (Å²) in [7, 11) is -3.68. The number of carbonyl (C=O) groups excluding carboxylic acids is 1. The number of benzene rings is 3. The highest BCUT2D eigenvalue weighted by Gasteiger charge is 2.29. The monoisotopic (exact) mass is 484 g/mol. The van der Waals surface area contributed by atoms with Gasteiger partial charge in [0, 0.05) is 47.0 Å². The number of hydrogen-bond donors (Lipinski definition) is 2. The minimum absolute atomic E-state index is 0.0139. The number of anilines is 1. The first-order valence-electron chi connectivity index (χ1n) is 11.7. The van der Waals surface area contributed by atoms with Crippen molar-refractivity contribution in [3.05, 3.63) is 95.7 Å². The predicted molar refractivity (Wildman–Crippen MR) is 136 cm³/mol. The number of hydrogen-bond acceptors (Lipinski definition) is 4. The third-order valence-corrected chi connectivity index (χ3v) is 8.20. The number of fused-ring (bicyclic) bond motifs is 2. The Labute approximate surface area is 203 Å². The molecule has 0 aliphatic carbocycles. The van der Waals surface area contributed by atoms with Crippen molar-refractivity contribution >= 4 is 38.4 Å². The van der Waals surface area contributed by atoms with E-state index in [4.69, 9.17) is 0 Å². The predicted octanol–water partition coefficient (Wildman–Crippen LogP) is 4.75. The van der Waals surface area contributed by atoms with Gasteiger partial charge in [0.2, 0.25) is 0 Å². The fraction of sp³-hybridized carbons (Fsp3) is 0.185. The molecular formula is C27H24N4O3S. The highest BCUT2D eigenvalue weighted by atomic mass is 32.2. The van der Waals surface area contributed by atoms with Crippen LogP contribution in [0, 0.1) is 0 Å². The number of likely N-dealkylation sites (tertiary alicyclic amines) is 1. The quantitative estimate of drug-likeness (QED) is 0.439. The fourth-order valence-electron chi connectivity index (χ4n) is 5.04. The van der Waals surface area contributed by atoms with Crippen LogP contribution in [0.1, 0.15) is 40.2 Å². The summed E-state index contributed by atoms with van der Waals surface area (Å²) >= 11 is 0. The van der Waals surface area contributed by atoms with Crippen LogP contribution < -0.4 is 5.32 Å². The van der Waals surface area contributed by atoms with Crippen molar-refractivity contribution in [3.8, 4) is 0 Å². The number of piperidine rings is 1. The Balaban J connectivity index is 1.12. The van der Waals surface area contributed by atoms with Gasteiger partial charge >= 0.3 is 0 Å². The summed E-state index contributed by atoms with van der Waals surface area (Å²) in [6.07, 6.45) is 3.97. The number of aromatic nitrogens is 1. The van der Waals surface area contributed by atoms with E-state index in [2.05, 4.69) is 39.1 Å². The maximum atomic E-state index is 13.1. The molecule has 0 atom stereocenters. The Morgan fingerprint density at radius 2 is 1.66 bits per heavy atom. The number of amides is 1. The summed E-state index contributed by atoms with van der Waals surface area (Å²) in [5.74, 6) is 0.743. The Hall–Kier alpha value is -3.91. The van der Waals surface area contributed by atoms with Crippen LogP contribution in [-0.4, -0.2) is 43.1 Å². The molecule has 8 heteroatoms. The van der Waals surface area contributed by atoms with Crippen molar-refractivity contribution in [1.29, 1.82) is 0 Å². The third kappa shape index (κ3) is 3.89. The lowest BCUT2D eigenvalue weighted by molar-refractivity contribution is 0.0713. The Kier molecular flexibility index (Phi) is 5.18. The van der Waals surface area contributed by atoms with E-state index in [0.29, 0.717) is 41.7 Å². The van der Waals surface area contributed by atoms with E-state index >= 15 is 0 Å². The normalized spacial score (nSPS) is 17.3. The minimum atomic E-state index is -3.68. The lowest BCUT2D eigenvalue weighted by atomic mass is 9.89. The highest BCUT2D eigenvalue weighted by molar-refractivity contribution is 7.90. The Morgan fingerprint density at radius 3 is 2.46 bits per heavy atom. The summed E-state index contributed by atoms with van der Waals surface area (Å²) in [6.45, 7) is 1.43. The van der Waals surface area contributed by atoms with Crippen molar-refractivity contribution in [2.45, 2.75) is 23.7 Å². The van der Waals surface area contributed by atoms with Gasteiger partial charge in [-0.1, -0.05) is 30.3 Å². The molecule has 1 aromatic heterocycles. The number of para-hydroxylation sites is 1. The number of nitrogens with zero attached hydrogens (tertiary/aromatic N) is 2. The Morgan fingerprint density at radius 1 is 0.943 bits per heavy atom. The van der Waals surface area contributed by atoms with Crippen LogP contribution >= 0.6 is 0 Å². The molecule has 2 N–H and O–H groups in total. The molecule has 0 unspecified atom stereocenters. The number of carbonyl (C=O) groups is 1. The lowest BCUT2D eigenvalue weighted by Gasteiger charge is -2.32. The van der Waals surface area contributed by atoms with E-state index < -0.39 is 10.0 Å². The first kappa shape index (κ1) is 21.6. The third-order valence-electron chi connectivity index (χ3n) is 6.87. The first-order valence-corrected chi connectivity index (χ1v) is 13.1. The molecule has 176 valence electrons. The van der Waals surface area contributed by atoms with Gasteiger partial charge in [-0.2, -0.15) is 8.42 Å². The summed E-state index contributed by atoms with van der Waals surface area (Å²) < 4.78 is 28.4. The number of nitrogens with one attached hydrogen (secondary N) is 2. The molecule has 2 aliphatic rings. The van der Waals surface area contributed by atoms with Crippen LogP contribution in [-0.2, 0) is 10.0 Å². The van der Waals surface area contributed by atoms with Crippen molar-refractivity contribution in [2.75, 3.05) is 18.4 Å². The maximum Gasteiger partial charge on any atom is 0.285 e. The van der Waals surface area contributed by atoms with E-state index in [9.17, 15) is 13.2 Å². The van der Waals surface area contributed by atoms with Gasteiger partial charge in [-0.25, -0.2) is 0 Å². The molecule has 1 amide bonds. The lowest BCUT2D eigenvalue weighted by Crippen LogP contribution is -2.37. The van der Waals surface area contributed by atoms with Gasteiger partial charge in [0.05, 0.1) is 0 Å². The molecule has 7 nitrogen and oxygen atoms in total. The molecule has 4 aromatic rings. The van der Waals surface area contributed by atoms with Gasteiger partial charge in [-0.15, -0.1) is 4.40 Å². The number of amidine groups is 1. The molecule has 35 heavy (non-hydrogen) atoms. The zero-order valence-corrected chi connectivity index (χ0v) is 19.8. The molecule has 0 spiro atoms. The van der Waals surface area contributed by atoms with Crippen molar-refractivity contribution in [2.24, 2.45) is 4.40 Å². The van der Waals surface area contributed by atoms with E-state index in [0.717, 1.165) is 18.4 Å². The SMILES string of the molecule is O=C(c1ccc(NC2=NS(=O)(=O)c3ccccc32)cc1)N1CCC(c2c[nH]c3ccccc23)CC1. The zero-order valence-electron chi connectivity index (χ0n) is 18.9. The summed E-state index contributed by atoms with van der Waals surface area (Å²) in [4.78, 5) is 18.6. The van der Waals surface area contributed by atoms with Gasteiger partial charge in [0.25, 0.3) is 15.9 Å². The van der Waals surface area contributed by atoms with Gasteiger partial charge in [0.1, 0.15) is 4.90 Å². The second-order valence-electron chi connectivity index (χ2n) is 8.97. The van der Waals surface area contributed by atoms with E-state index in [-0.39, 0.29) is 10.8 Å². The second-order valence-corrected chi connectivity index (χ2v) is 10.5. The molecular weight excluding hydrogens is 460 g/mol. The molecule has 1 saturated heterocycles. The summed E-state index contributed by atoms with van der Waals surface area (Å²) in [6, 6.07) is 22.2.